The molecular weight excluding hydrogens is 434 g/mol. The van der Waals surface area contributed by atoms with Gasteiger partial charge in [0, 0.05) is 37.2 Å². The average Bonchev–Trinajstić information content (AvgIpc) is 2.92. The highest BCUT2D eigenvalue weighted by molar-refractivity contribution is 6.04. The van der Waals surface area contributed by atoms with E-state index in [1.807, 2.05) is 6.42 Å². The van der Waals surface area contributed by atoms with Crippen LogP contribution in [0.1, 0.15) is 59.0 Å². The van der Waals surface area contributed by atoms with Crippen molar-refractivity contribution in [3.05, 3.63) is 69.5 Å². The van der Waals surface area contributed by atoms with E-state index in [0.29, 0.717) is 31.7 Å². The molecule has 2 atom stereocenters. The molecule has 2 heterocycles. The molecule has 1 aromatic carbocycles. The van der Waals surface area contributed by atoms with Gasteiger partial charge >= 0.3 is 0 Å². The number of aliphatic hydroxyl groups is 1. The summed E-state index contributed by atoms with van der Waals surface area (Å²) in [5.74, 6) is -3.05. The summed E-state index contributed by atoms with van der Waals surface area (Å²) in [6.45, 7) is 1.45. The molecular formula is C24H25F2N2O5+. The van der Waals surface area contributed by atoms with Gasteiger partial charge in [0.15, 0.2) is 11.5 Å². The number of ketones is 1. The number of nitrogens with one attached hydrogen (secondary N) is 1. The number of carbonyl (C=O) groups excluding carboxylic acids is 2. The molecule has 1 saturated carbocycles. The number of benzene rings is 1. The zero-order valence-electron chi connectivity index (χ0n) is 18.4. The predicted molar refractivity (Wildman–Crippen MR) is 115 cm³/mol. The number of nitrogens with zero attached hydrogens (tertiary/aromatic N) is 1. The van der Waals surface area contributed by atoms with E-state index in [1.165, 1.54) is 23.9 Å². The molecule has 1 aliphatic heterocycles. The number of methoxy groups -OCH3 is 1. The molecule has 0 radical (unpaired) electrons. The van der Waals surface area contributed by atoms with Gasteiger partial charge in [-0.3, -0.25) is 14.4 Å². The Kier molecular flexibility index (Phi) is 5.78. The Bertz CT molecular complexity index is 1190. The molecule has 174 valence electrons. The van der Waals surface area contributed by atoms with E-state index in [9.17, 15) is 28.3 Å². The number of Topliss-reactive ketones (excluding diaryl/α,β-unsaturated/α-hetero) is 1. The van der Waals surface area contributed by atoms with Gasteiger partial charge in [0.25, 0.3) is 5.91 Å². The maximum absolute atomic E-state index is 13.9. The van der Waals surface area contributed by atoms with E-state index < -0.39 is 39.8 Å². The second kappa shape index (κ2) is 8.30. The number of amides is 1. The number of hydrogen-bond donors (Lipinski definition) is 2. The Morgan fingerprint density at radius 2 is 2.00 bits per heavy atom. The quantitative estimate of drug-likeness (QED) is 0.686. The summed E-state index contributed by atoms with van der Waals surface area (Å²) in [7, 11) is 1.24. The van der Waals surface area contributed by atoms with Crippen LogP contribution in [0.25, 0.3) is 0 Å². The third-order valence-electron chi connectivity index (χ3n) is 6.93. The first-order valence-electron chi connectivity index (χ1n) is 10.7. The van der Waals surface area contributed by atoms with Crippen LogP contribution in [0.15, 0.2) is 29.2 Å². The maximum Gasteiger partial charge on any atom is 0.257 e. The van der Waals surface area contributed by atoms with E-state index in [4.69, 9.17) is 4.74 Å². The van der Waals surface area contributed by atoms with Crippen molar-refractivity contribution in [1.82, 2.24) is 9.88 Å². The second-order valence-corrected chi connectivity index (χ2v) is 8.86. The van der Waals surface area contributed by atoms with Gasteiger partial charge in [0.2, 0.25) is 5.43 Å². The van der Waals surface area contributed by atoms with Crippen LogP contribution in [0.3, 0.4) is 0 Å². The van der Waals surface area contributed by atoms with Gasteiger partial charge in [-0.1, -0.05) is 6.07 Å². The van der Waals surface area contributed by atoms with Crippen LogP contribution in [0, 0.1) is 23.5 Å². The lowest BCUT2D eigenvalue weighted by Gasteiger charge is -2.46. The molecule has 1 aromatic heterocycles. The summed E-state index contributed by atoms with van der Waals surface area (Å²) >= 11 is 0. The Morgan fingerprint density at radius 3 is 2.70 bits per heavy atom. The minimum Gasteiger partial charge on any atom is -0.491 e. The molecule has 33 heavy (non-hydrogen) atoms. The monoisotopic (exact) mass is 459 g/mol. The molecule has 2 aromatic rings. The van der Waals surface area contributed by atoms with Crippen molar-refractivity contribution in [2.75, 3.05) is 7.11 Å². The van der Waals surface area contributed by atoms with Crippen molar-refractivity contribution in [2.24, 2.45) is 5.41 Å². The zero-order chi connectivity index (χ0) is 24.0. The third kappa shape index (κ3) is 3.70. The highest BCUT2D eigenvalue weighted by atomic mass is 19.1. The number of hydrogen-bond acceptors (Lipinski definition) is 5. The van der Waals surface area contributed by atoms with Crippen LogP contribution in [-0.4, -0.2) is 34.1 Å². The fraction of sp³-hybridized carbons (Fsp3) is 0.417. The van der Waals surface area contributed by atoms with Crippen LogP contribution >= 0.6 is 0 Å². The van der Waals surface area contributed by atoms with Crippen molar-refractivity contribution in [3.8, 4) is 5.75 Å². The van der Waals surface area contributed by atoms with E-state index in [0.717, 1.165) is 6.07 Å². The number of fused-ring (bicyclic) bond motifs is 2. The molecule has 1 amide bonds. The largest absolute Gasteiger partial charge is 0.491 e. The lowest BCUT2D eigenvalue weighted by Crippen LogP contribution is -2.58. The first kappa shape index (κ1) is 23.0. The van der Waals surface area contributed by atoms with Crippen LogP contribution < -0.4 is 15.5 Å². The van der Waals surface area contributed by atoms with E-state index in [2.05, 4.69) is 5.32 Å². The van der Waals surface area contributed by atoms with E-state index in [-0.39, 0.29) is 35.7 Å². The van der Waals surface area contributed by atoms with Crippen molar-refractivity contribution in [3.63, 3.8) is 0 Å². The molecule has 1 fully saturated rings. The molecule has 7 nitrogen and oxygen atoms in total. The van der Waals surface area contributed by atoms with Gasteiger partial charge in [0.1, 0.15) is 22.9 Å². The van der Waals surface area contributed by atoms with Gasteiger partial charge < -0.3 is 19.7 Å². The van der Waals surface area contributed by atoms with Crippen LogP contribution in [0.4, 0.5) is 8.78 Å². The normalized spacial score (nSPS) is 24.2. The highest BCUT2D eigenvalue weighted by Gasteiger charge is 2.58. The van der Waals surface area contributed by atoms with Gasteiger partial charge in [-0.15, -0.1) is 0 Å². The first-order chi connectivity index (χ1) is 15.6. The predicted octanol–water partition coefficient (Wildman–Crippen LogP) is 2.78. The molecule has 2 aliphatic rings. The van der Waals surface area contributed by atoms with E-state index >= 15 is 0 Å². The van der Waals surface area contributed by atoms with Crippen molar-refractivity contribution < 1.29 is 28.2 Å². The van der Waals surface area contributed by atoms with Gasteiger partial charge in [-0.05, 0) is 13.0 Å². The number of carbonyl (C=O) groups is 2. The standard InChI is InChI=1S/C24H24F2N2O5/c1-23-8-4-3-5-9-24(23,32)13-28-12-16(19(29)20(33-2)18(28)21(23)30)22(31)27-11-14-6-7-15(25)10-17(14)26/h3,6-7,10,12,32H,4-5,8-9,11,13H2,1-2H3/p+1/t23-,24-/m0/s1. The van der Waals surface area contributed by atoms with Crippen LogP contribution in [-0.2, 0) is 13.1 Å². The fourth-order valence-electron chi connectivity index (χ4n) is 4.79. The first-order valence-corrected chi connectivity index (χ1v) is 10.7. The highest BCUT2D eigenvalue weighted by Crippen LogP contribution is 2.49. The molecule has 0 bridgehead atoms. The lowest BCUT2D eigenvalue weighted by molar-refractivity contribution is -0.0831. The number of pyridine rings is 1. The maximum atomic E-state index is 13.9. The van der Waals surface area contributed by atoms with Crippen molar-refractivity contribution in [1.29, 1.82) is 0 Å². The number of ether oxygens (including phenoxy) is 1. The van der Waals surface area contributed by atoms with E-state index in [1.54, 1.807) is 6.92 Å². The molecule has 0 unspecified atom stereocenters. The molecule has 1 aliphatic carbocycles. The van der Waals surface area contributed by atoms with Crippen LogP contribution in [0.5, 0.6) is 5.75 Å². The minimum atomic E-state index is -1.35. The molecule has 0 saturated heterocycles. The van der Waals surface area contributed by atoms with Gasteiger partial charge in [0.05, 0.1) is 43.9 Å². The number of rotatable bonds is 4. The summed E-state index contributed by atoms with van der Waals surface area (Å²) in [5.41, 5.74) is -3.46. The number of halogens is 2. The zero-order valence-corrected chi connectivity index (χ0v) is 18.4. The summed E-state index contributed by atoms with van der Waals surface area (Å²) in [6.07, 6.45) is 5.38. The molecule has 4 rings (SSSR count). The average molecular weight is 459 g/mol. The summed E-state index contributed by atoms with van der Waals surface area (Å²) in [4.78, 5) is 39.4. The van der Waals surface area contributed by atoms with Gasteiger partial charge in [-0.2, -0.15) is 0 Å². The summed E-state index contributed by atoms with van der Waals surface area (Å²) in [5, 5.41) is 13.9. The Labute approximate surface area is 189 Å². The fourth-order valence-corrected chi connectivity index (χ4v) is 4.79. The Hall–Kier alpha value is -3.20. The molecule has 2 N–H and O–H groups in total. The summed E-state index contributed by atoms with van der Waals surface area (Å²) in [6, 6.07) is 2.96. The topological polar surface area (TPSA) is 97.6 Å². The minimum absolute atomic E-state index is 0.0158. The smallest absolute Gasteiger partial charge is 0.257 e. The molecule has 9 heteroatoms. The Morgan fingerprint density at radius 1 is 1.27 bits per heavy atom. The summed E-state index contributed by atoms with van der Waals surface area (Å²) < 4.78 is 33.7. The SMILES string of the molecule is COc1c2n(cc(C(=O)NCc3ccc(F)cc3F)c1=O)C[C@@]1(O)CC[CH+]CC[C@@]1(C)C2=O. The Balaban J connectivity index is 1.72. The number of aromatic nitrogens is 1. The third-order valence-corrected chi connectivity index (χ3v) is 6.93. The second-order valence-electron chi connectivity index (χ2n) is 8.86. The van der Waals surface area contributed by atoms with Crippen LogP contribution in [0.2, 0.25) is 0 Å². The lowest BCUT2D eigenvalue weighted by atomic mass is 9.64. The molecule has 0 spiro atoms. The van der Waals surface area contributed by atoms with Crippen molar-refractivity contribution >= 4 is 11.7 Å². The van der Waals surface area contributed by atoms with Gasteiger partial charge in [-0.25, -0.2) is 8.78 Å². The van der Waals surface area contributed by atoms with Crippen molar-refractivity contribution in [2.45, 2.75) is 51.3 Å².